The zero-order valence-electron chi connectivity index (χ0n) is 11.3. The first-order valence-electron chi connectivity index (χ1n) is 6.53. The average molecular weight is 311 g/mol. The molecule has 1 atom stereocenters. The molecule has 0 bridgehead atoms. The summed E-state index contributed by atoms with van der Waals surface area (Å²) in [5.41, 5.74) is 4.82. The standard InChI is InChI=1S/C12H17N5OS2/c1-8(19-11-17-16-10(14)20-11)9(18)15-12(7-13)5-3-2-4-6-12/h8H,2-6H2,1H3,(H2,14,16)(H,15,18)/t8-/m0/s1. The van der Waals surface area contributed by atoms with E-state index in [1.807, 2.05) is 0 Å². The molecule has 1 aromatic rings. The topological polar surface area (TPSA) is 105 Å². The van der Waals surface area contributed by atoms with Crippen LogP contribution in [0.25, 0.3) is 0 Å². The van der Waals surface area contributed by atoms with Crippen LogP contribution >= 0.6 is 23.1 Å². The number of hydrogen-bond acceptors (Lipinski definition) is 7. The Kier molecular flexibility index (Phi) is 4.83. The average Bonchev–Trinajstić information content (AvgIpc) is 2.85. The number of nitrogens with zero attached hydrogens (tertiary/aromatic N) is 3. The predicted molar refractivity (Wildman–Crippen MR) is 79.2 cm³/mol. The third-order valence-corrected chi connectivity index (χ3v) is 5.29. The lowest BCUT2D eigenvalue weighted by Crippen LogP contribution is -2.50. The molecule has 0 radical (unpaired) electrons. The highest BCUT2D eigenvalue weighted by atomic mass is 32.2. The van der Waals surface area contributed by atoms with Crippen molar-refractivity contribution in [2.45, 2.75) is 54.2 Å². The van der Waals surface area contributed by atoms with Crippen LogP contribution in [-0.2, 0) is 4.79 Å². The van der Waals surface area contributed by atoms with Crippen molar-refractivity contribution in [1.29, 1.82) is 5.26 Å². The smallest absolute Gasteiger partial charge is 0.234 e. The van der Waals surface area contributed by atoms with Crippen LogP contribution in [0, 0.1) is 11.3 Å². The summed E-state index contributed by atoms with van der Waals surface area (Å²) < 4.78 is 0.666. The number of thioether (sulfide) groups is 1. The van der Waals surface area contributed by atoms with Gasteiger partial charge in [0.05, 0.1) is 11.3 Å². The number of nitrogens with two attached hydrogens (primary N) is 1. The Balaban J connectivity index is 1.94. The summed E-state index contributed by atoms with van der Waals surface area (Å²) in [6.07, 6.45) is 4.58. The van der Waals surface area contributed by atoms with Crippen LogP contribution in [-0.4, -0.2) is 26.9 Å². The molecule has 1 fully saturated rings. The summed E-state index contributed by atoms with van der Waals surface area (Å²) in [6, 6.07) is 2.28. The normalized spacial score (nSPS) is 19.0. The number of carbonyl (C=O) groups is 1. The van der Waals surface area contributed by atoms with Gasteiger partial charge in [-0.25, -0.2) is 0 Å². The molecule has 6 nitrogen and oxygen atoms in total. The molecule has 0 aliphatic heterocycles. The van der Waals surface area contributed by atoms with E-state index >= 15 is 0 Å². The minimum atomic E-state index is -0.690. The SMILES string of the molecule is C[C@H](Sc1nnc(N)s1)C(=O)NC1(C#N)CCCCC1. The summed E-state index contributed by atoms with van der Waals surface area (Å²) in [5, 5.41) is 19.9. The summed E-state index contributed by atoms with van der Waals surface area (Å²) in [6.45, 7) is 1.80. The van der Waals surface area contributed by atoms with Crippen LogP contribution in [0.1, 0.15) is 39.0 Å². The minimum absolute atomic E-state index is 0.132. The Bertz CT molecular complexity index is 518. The summed E-state index contributed by atoms with van der Waals surface area (Å²) in [4.78, 5) is 12.2. The molecule has 2 rings (SSSR count). The Labute approximate surface area is 126 Å². The Morgan fingerprint density at radius 1 is 1.50 bits per heavy atom. The van der Waals surface area contributed by atoms with E-state index in [-0.39, 0.29) is 11.2 Å². The zero-order chi connectivity index (χ0) is 14.6. The first kappa shape index (κ1) is 15.1. The molecule has 0 spiro atoms. The van der Waals surface area contributed by atoms with E-state index in [0.717, 1.165) is 32.1 Å². The predicted octanol–water partition coefficient (Wildman–Crippen LogP) is 1.94. The Hall–Kier alpha value is -1.33. The van der Waals surface area contributed by atoms with Crippen molar-refractivity contribution in [3.8, 4) is 6.07 Å². The number of hydrogen-bond donors (Lipinski definition) is 2. The third-order valence-electron chi connectivity index (χ3n) is 3.35. The molecule has 1 amide bonds. The molecule has 0 unspecified atom stereocenters. The van der Waals surface area contributed by atoms with Crippen LogP contribution in [0.5, 0.6) is 0 Å². The van der Waals surface area contributed by atoms with Crippen molar-refractivity contribution in [1.82, 2.24) is 15.5 Å². The molecular formula is C12H17N5OS2. The number of rotatable bonds is 4. The van der Waals surface area contributed by atoms with Gasteiger partial charge in [0, 0.05) is 0 Å². The second-order valence-electron chi connectivity index (χ2n) is 4.91. The van der Waals surface area contributed by atoms with Gasteiger partial charge in [0.2, 0.25) is 11.0 Å². The molecule has 0 saturated heterocycles. The third kappa shape index (κ3) is 3.61. The fourth-order valence-corrected chi connectivity index (χ4v) is 4.01. The van der Waals surface area contributed by atoms with E-state index < -0.39 is 5.54 Å². The van der Waals surface area contributed by atoms with Crippen LogP contribution in [0.2, 0.25) is 0 Å². The van der Waals surface area contributed by atoms with Crippen molar-refractivity contribution in [3.63, 3.8) is 0 Å². The molecular weight excluding hydrogens is 294 g/mol. The van der Waals surface area contributed by atoms with Gasteiger partial charge in [0.25, 0.3) is 0 Å². The molecule has 8 heteroatoms. The number of nitrogen functional groups attached to an aromatic ring is 1. The van der Waals surface area contributed by atoms with Gasteiger partial charge in [0.1, 0.15) is 5.54 Å². The van der Waals surface area contributed by atoms with Gasteiger partial charge in [-0.1, -0.05) is 42.4 Å². The van der Waals surface area contributed by atoms with Gasteiger partial charge in [-0.05, 0) is 19.8 Å². The van der Waals surface area contributed by atoms with E-state index in [0.29, 0.717) is 9.47 Å². The van der Waals surface area contributed by atoms with Crippen LogP contribution < -0.4 is 11.1 Å². The molecule has 108 valence electrons. The van der Waals surface area contributed by atoms with Crippen molar-refractivity contribution >= 4 is 34.1 Å². The molecule has 1 aliphatic carbocycles. The summed E-state index contributed by atoms with van der Waals surface area (Å²) in [7, 11) is 0. The first-order chi connectivity index (χ1) is 9.54. The lowest BCUT2D eigenvalue weighted by atomic mass is 9.83. The number of amides is 1. The quantitative estimate of drug-likeness (QED) is 0.823. The largest absolute Gasteiger partial charge is 0.374 e. The van der Waals surface area contributed by atoms with Gasteiger partial charge >= 0.3 is 0 Å². The highest BCUT2D eigenvalue weighted by Crippen LogP contribution is 2.30. The van der Waals surface area contributed by atoms with Crippen molar-refractivity contribution in [2.24, 2.45) is 0 Å². The highest BCUT2D eigenvalue weighted by molar-refractivity contribution is 8.02. The summed E-state index contributed by atoms with van der Waals surface area (Å²) in [5.74, 6) is -0.132. The number of anilines is 1. The molecule has 1 saturated carbocycles. The molecule has 1 heterocycles. The van der Waals surface area contributed by atoms with Gasteiger partial charge in [-0.2, -0.15) is 5.26 Å². The van der Waals surface area contributed by atoms with Gasteiger partial charge < -0.3 is 11.1 Å². The number of carbonyl (C=O) groups excluding carboxylic acids is 1. The van der Waals surface area contributed by atoms with Crippen LogP contribution in [0.15, 0.2) is 4.34 Å². The monoisotopic (exact) mass is 311 g/mol. The Morgan fingerprint density at radius 3 is 2.75 bits per heavy atom. The Morgan fingerprint density at radius 2 is 2.20 bits per heavy atom. The summed E-state index contributed by atoms with van der Waals surface area (Å²) >= 11 is 2.57. The van der Waals surface area contributed by atoms with Gasteiger partial charge in [0.15, 0.2) is 4.34 Å². The second kappa shape index (κ2) is 6.41. The lowest BCUT2D eigenvalue weighted by Gasteiger charge is -2.32. The van der Waals surface area contributed by atoms with Crippen LogP contribution in [0.4, 0.5) is 5.13 Å². The maximum Gasteiger partial charge on any atom is 0.234 e. The van der Waals surface area contributed by atoms with Crippen molar-refractivity contribution < 1.29 is 4.79 Å². The van der Waals surface area contributed by atoms with Crippen LogP contribution in [0.3, 0.4) is 0 Å². The van der Waals surface area contributed by atoms with Gasteiger partial charge in [-0.3, -0.25) is 4.79 Å². The highest BCUT2D eigenvalue weighted by Gasteiger charge is 2.35. The van der Waals surface area contributed by atoms with Crippen molar-refractivity contribution in [2.75, 3.05) is 5.73 Å². The molecule has 0 aromatic carbocycles. The number of nitrogens with one attached hydrogen (secondary N) is 1. The maximum atomic E-state index is 12.2. The minimum Gasteiger partial charge on any atom is -0.374 e. The lowest BCUT2D eigenvalue weighted by molar-refractivity contribution is -0.121. The fraction of sp³-hybridized carbons (Fsp3) is 0.667. The van der Waals surface area contributed by atoms with E-state index in [9.17, 15) is 10.1 Å². The molecule has 1 aliphatic rings. The molecule has 1 aromatic heterocycles. The van der Waals surface area contributed by atoms with E-state index in [2.05, 4.69) is 21.6 Å². The van der Waals surface area contributed by atoms with E-state index in [1.54, 1.807) is 6.92 Å². The number of aromatic nitrogens is 2. The molecule has 3 N–H and O–H groups in total. The van der Waals surface area contributed by atoms with E-state index in [1.165, 1.54) is 23.1 Å². The maximum absolute atomic E-state index is 12.2. The van der Waals surface area contributed by atoms with E-state index in [4.69, 9.17) is 5.73 Å². The van der Waals surface area contributed by atoms with Gasteiger partial charge in [-0.15, -0.1) is 10.2 Å². The molecule has 20 heavy (non-hydrogen) atoms. The first-order valence-corrected chi connectivity index (χ1v) is 8.23. The number of nitriles is 1. The zero-order valence-corrected chi connectivity index (χ0v) is 12.9. The second-order valence-corrected chi connectivity index (χ2v) is 7.51. The van der Waals surface area contributed by atoms with Crippen molar-refractivity contribution in [3.05, 3.63) is 0 Å². The fourth-order valence-electron chi connectivity index (χ4n) is 2.23.